The average Bonchev–Trinajstić information content (AvgIpc) is 3.33. The minimum absolute atomic E-state index is 0.109. The number of nitrogens with zero attached hydrogens (tertiary/aromatic N) is 1. The predicted octanol–water partition coefficient (Wildman–Crippen LogP) is 0.997. The van der Waals surface area contributed by atoms with Crippen LogP contribution in [0.25, 0.3) is 0 Å². The number of hydrogen-bond donors (Lipinski definition) is 3. The van der Waals surface area contributed by atoms with Crippen LogP contribution < -0.4 is 16.0 Å². The molecule has 0 aromatic heterocycles. The molecule has 1 aromatic carbocycles. The Bertz CT molecular complexity index is 969. The molecule has 0 radical (unpaired) electrons. The Labute approximate surface area is 204 Å². The smallest absolute Gasteiger partial charge is 0.246 e. The maximum atomic E-state index is 13.6. The molecule has 4 amide bonds. The van der Waals surface area contributed by atoms with Gasteiger partial charge in [0.05, 0.1) is 0 Å². The lowest BCUT2D eigenvalue weighted by Crippen LogP contribution is -2.65. The van der Waals surface area contributed by atoms with Gasteiger partial charge in [0.2, 0.25) is 23.6 Å². The molecule has 0 unspecified atom stereocenters. The zero-order valence-electron chi connectivity index (χ0n) is 20.1. The summed E-state index contributed by atoms with van der Waals surface area (Å²) in [5, 5.41) is 8.28. The van der Waals surface area contributed by atoms with Gasteiger partial charge in [-0.3, -0.25) is 19.2 Å². The molecule has 2 aliphatic rings. The largest absolute Gasteiger partial charge is 0.343 e. The number of halogens is 1. The SMILES string of the molecule is CC[C@]1(C)NC(=O)[C@H](CCCC=O)NC(=O)[C@H]2CCCN2C(=O)[C@H](Cc2ccc(F)cc2)NC1=O. The lowest BCUT2D eigenvalue weighted by atomic mass is 9.94. The van der Waals surface area contributed by atoms with Gasteiger partial charge in [-0.1, -0.05) is 19.1 Å². The number of amides is 4. The Morgan fingerprint density at radius 2 is 1.80 bits per heavy atom. The van der Waals surface area contributed by atoms with Crippen molar-refractivity contribution in [3.8, 4) is 0 Å². The van der Waals surface area contributed by atoms with Crippen LogP contribution in [0.1, 0.15) is 57.9 Å². The van der Waals surface area contributed by atoms with E-state index in [2.05, 4.69) is 16.0 Å². The summed E-state index contributed by atoms with van der Waals surface area (Å²) < 4.78 is 13.4. The van der Waals surface area contributed by atoms with Gasteiger partial charge in [-0.2, -0.15) is 0 Å². The first-order chi connectivity index (χ1) is 16.7. The number of carbonyl (C=O) groups is 5. The third kappa shape index (κ3) is 6.23. The van der Waals surface area contributed by atoms with Crippen LogP contribution in [0.15, 0.2) is 24.3 Å². The van der Waals surface area contributed by atoms with Gasteiger partial charge in [0.25, 0.3) is 0 Å². The average molecular weight is 489 g/mol. The minimum Gasteiger partial charge on any atom is -0.343 e. The Morgan fingerprint density at radius 1 is 1.09 bits per heavy atom. The molecule has 0 aliphatic carbocycles. The number of fused-ring (bicyclic) bond motifs is 1. The molecule has 0 spiro atoms. The Morgan fingerprint density at radius 3 is 2.46 bits per heavy atom. The molecule has 2 saturated heterocycles. The van der Waals surface area contributed by atoms with Crippen LogP contribution in [0.5, 0.6) is 0 Å². The van der Waals surface area contributed by atoms with Crippen LogP contribution in [0.2, 0.25) is 0 Å². The van der Waals surface area contributed by atoms with Gasteiger partial charge >= 0.3 is 0 Å². The maximum Gasteiger partial charge on any atom is 0.246 e. The predicted molar refractivity (Wildman–Crippen MR) is 125 cm³/mol. The molecular formula is C25H33FN4O5. The van der Waals surface area contributed by atoms with Crippen molar-refractivity contribution in [1.82, 2.24) is 20.9 Å². The van der Waals surface area contributed by atoms with E-state index in [1.165, 1.54) is 17.0 Å². The monoisotopic (exact) mass is 488 g/mol. The van der Waals surface area contributed by atoms with Crippen LogP contribution in [-0.2, 0) is 30.4 Å². The lowest BCUT2D eigenvalue weighted by Gasteiger charge is -2.35. The minimum atomic E-state index is -1.34. The van der Waals surface area contributed by atoms with E-state index in [1.807, 2.05) is 0 Å². The van der Waals surface area contributed by atoms with Crippen LogP contribution in [-0.4, -0.2) is 65.0 Å². The molecule has 2 aliphatic heterocycles. The van der Waals surface area contributed by atoms with E-state index in [1.54, 1.807) is 26.0 Å². The van der Waals surface area contributed by atoms with Gasteiger partial charge in [0.15, 0.2) is 0 Å². The van der Waals surface area contributed by atoms with Gasteiger partial charge in [-0.25, -0.2) is 4.39 Å². The van der Waals surface area contributed by atoms with E-state index in [-0.39, 0.29) is 25.7 Å². The quantitative estimate of drug-likeness (QED) is 0.390. The van der Waals surface area contributed by atoms with Crippen molar-refractivity contribution in [2.45, 2.75) is 82.5 Å². The molecule has 2 heterocycles. The van der Waals surface area contributed by atoms with E-state index in [9.17, 15) is 28.4 Å². The van der Waals surface area contributed by atoms with Crippen molar-refractivity contribution in [3.63, 3.8) is 0 Å². The van der Waals surface area contributed by atoms with Crippen molar-refractivity contribution in [2.75, 3.05) is 6.54 Å². The highest BCUT2D eigenvalue weighted by molar-refractivity contribution is 5.99. The van der Waals surface area contributed by atoms with Crippen molar-refractivity contribution >= 4 is 29.9 Å². The summed E-state index contributed by atoms with van der Waals surface area (Å²) in [4.78, 5) is 65.5. The summed E-state index contributed by atoms with van der Waals surface area (Å²) in [7, 11) is 0. The molecule has 4 atom stereocenters. The van der Waals surface area contributed by atoms with E-state index < -0.39 is 53.1 Å². The van der Waals surface area contributed by atoms with E-state index in [0.717, 1.165) is 6.29 Å². The Balaban J connectivity index is 1.95. The summed E-state index contributed by atoms with van der Waals surface area (Å²) >= 11 is 0. The normalized spacial score (nSPS) is 27.7. The first-order valence-corrected chi connectivity index (χ1v) is 12.1. The molecule has 1 aromatic rings. The second kappa shape index (κ2) is 11.4. The van der Waals surface area contributed by atoms with Gasteiger partial charge in [0.1, 0.15) is 35.8 Å². The maximum absolute atomic E-state index is 13.6. The Kier molecular flexibility index (Phi) is 8.58. The van der Waals surface area contributed by atoms with E-state index >= 15 is 0 Å². The fraction of sp³-hybridized carbons (Fsp3) is 0.560. The summed E-state index contributed by atoms with van der Waals surface area (Å²) in [5.41, 5.74) is -0.690. The highest BCUT2D eigenvalue weighted by atomic mass is 19.1. The standard InChI is InChI=1S/C25H33FN4O5/c1-3-25(2)24(35)28-19(15-16-9-11-17(26)12-10-16)23(34)30-13-6-8-20(30)22(33)27-18(21(32)29-25)7-4-5-14-31/h9-12,14,18-20H,3-8,13,15H2,1-2H3,(H,27,33)(H,28,35)(H,29,32)/t18-,19-,20+,25-/m0/s1. The number of hydrogen-bond acceptors (Lipinski definition) is 5. The first kappa shape index (κ1) is 26.3. The van der Waals surface area contributed by atoms with Gasteiger partial charge in [0, 0.05) is 19.4 Å². The number of benzene rings is 1. The third-order valence-corrected chi connectivity index (χ3v) is 6.85. The molecule has 35 heavy (non-hydrogen) atoms. The summed E-state index contributed by atoms with van der Waals surface area (Å²) in [6.45, 7) is 3.65. The molecule has 190 valence electrons. The van der Waals surface area contributed by atoms with Gasteiger partial charge in [-0.05, 0) is 56.7 Å². The number of carbonyl (C=O) groups excluding carboxylic acids is 5. The summed E-state index contributed by atoms with van der Waals surface area (Å²) in [6, 6.07) is 2.95. The van der Waals surface area contributed by atoms with E-state index in [0.29, 0.717) is 31.4 Å². The number of nitrogens with one attached hydrogen (secondary N) is 3. The fourth-order valence-corrected chi connectivity index (χ4v) is 4.48. The molecule has 3 N–H and O–H groups in total. The van der Waals surface area contributed by atoms with Crippen molar-refractivity contribution in [3.05, 3.63) is 35.6 Å². The van der Waals surface area contributed by atoms with Crippen molar-refractivity contribution in [2.24, 2.45) is 0 Å². The first-order valence-electron chi connectivity index (χ1n) is 12.1. The van der Waals surface area contributed by atoms with Gasteiger partial charge < -0.3 is 25.6 Å². The van der Waals surface area contributed by atoms with Crippen molar-refractivity contribution in [1.29, 1.82) is 0 Å². The third-order valence-electron chi connectivity index (χ3n) is 6.85. The van der Waals surface area contributed by atoms with Crippen LogP contribution >= 0.6 is 0 Å². The highest BCUT2D eigenvalue weighted by Gasteiger charge is 2.43. The molecule has 0 saturated carbocycles. The van der Waals surface area contributed by atoms with Gasteiger partial charge in [-0.15, -0.1) is 0 Å². The number of rotatable bonds is 7. The second-order valence-corrected chi connectivity index (χ2v) is 9.38. The van der Waals surface area contributed by atoms with Crippen molar-refractivity contribution < 1.29 is 28.4 Å². The molecule has 2 fully saturated rings. The topological polar surface area (TPSA) is 125 Å². The number of aldehydes is 1. The van der Waals surface area contributed by atoms with Crippen LogP contribution in [0, 0.1) is 5.82 Å². The second-order valence-electron chi connectivity index (χ2n) is 9.38. The van der Waals surface area contributed by atoms with Crippen LogP contribution in [0.4, 0.5) is 4.39 Å². The molecule has 3 rings (SSSR count). The lowest BCUT2D eigenvalue weighted by molar-refractivity contribution is -0.144. The zero-order valence-corrected chi connectivity index (χ0v) is 20.1. The fourth-order valence-electron chi connectivity index (χ4n) is 4.48. The summed E-state index contributed by atoms with van der Waals surface area (Å²) in [5.74, 6) is -2.29. The molecule has 10 heteroatoms. The number of unbranched alkanes of at least 4 members (excludes halogenated alkanes) is 1. The summed E-state index contributed by atoms with van der Waals surface area (Å²) in [6.07, 6.45) is 3.00. The molecule has 0 bridgehead atoms. The highest BCUT2D eigenvalue weighted by Crippen LogP contribution is 2.22. The van der Waals surface area contributed by atoms with E-state index in [4.69, 9.17) is 0 Å². The Hall–Kier alpha value is -3.30. The molecular weight excluding hydrogens is 455 g/mol. The van der Waals surface area contributed by atoms with Crippen LogP contribution in [0.3, 0.4) is 0 Å². The molecule has 9 nitrogen and oxygen atoms in total. The zero-order chi connectivity index (χ0) is 25.6.